The van der Waals surface area contributed by atoms with Crippen molar-refractivity contribution in [3.63, 3.8) is 0 Å². The fraction of sp³-hybridized carbons (Fsp3) is 0.0625. The topological polar surface area (TPSA) is 22.1 Å². The molecule has 0 bridgehead atoms. The Morgan fingerprint density at radius 3 is 2.72 bits per heavy atom. The van der Waals surface area contributed by atoms with Gasteiger partial charge in [0.05, 0.1) is 12.8 Å². The van der Waals surface area contributed by atoms with Gasteiger partial charge in [-0.1, -0.05) is 36.4 Å². The average molecular weight is 235 g/mol. The molecule has 0 spiro atoms. The summed E-state index contributed by atoms with van der Waals surface area (Å²) in [5.74, 6) is 0.849. The summed E-state index contributed by atoms with van der Waals surface area (Å²) in [6, 6.07) is 18.3. The van der Waals surface area contributed by atoms with Crippen LogP contribution in [0.3, 0.4) is 0 Å². The second kappa shape index (κ2) is 4.49. The zero-order chi connectivity index (χ0) is 12.4. The van der Waals surface area contributed by atoms with Crippen LogP contribution in [0.25, 0.3) is 22.0 Å². The molecule has 2 nitrogen and oxygen atoms in total. The van der Waals surface area contributed by atoms with Crippen molar-refractivity contribution in [1.82, 2.24) is 4.98 Å². The van der Waals surface area contributed by atoms with Gasteiger partial charge in [0.15, 0.2) is 0 Å². The smallest absolute Gasteiger partial charge is 0.119 e. The van der Waals surface area contributed by atoms with Gasteiger partial charge in [-0.2, -0.15) is 0 Å². The molecule has 2 heteroatoms. The maximum absolute atomic E-state index is 5.26. The van der Waals surface area contributed by atoms with Crippen molar-refractivity contribution in [2.24, 2.45) is 0 Å². The molecule has 0 unspecified atom stereocenters. The molecule has 2 aromatic carbocycles. The van der Waals surface area contributed by atoms with Crippen LogP contribution >= 0.6 is 0 Å². The Labute approximate surface area is 106 Å². The molecule has 88 valence electrons. The maximum atomic E-state index is 5.26. The zero-order valence-corrected chi connectivity index (χ0v) is 10.1. The fourth-order valence-corrected chi connectivity index (χ4v) is 2.12. The lowest BCUT2D eigenvalue weighted by Gasteiger charge is -2.07. The van der Waals surface area contributed by atoms with Gasteiger partial charge >= 0.3 is 0 Å². The summed E-state index contributed by atoms with van der Waals surface area (Å²) in [5, 5.41) is 2.36. The van der Waals surface area contributed by atoms with Crippen molar-refractivity contribution in [3.8, 4) is 17.0 Å². The number of fused-ring (bicyclic) bond motifs is 1. The maximum Gasteiger partial charge on any atom is 0.119 e. The second-order valence-corrected chi connectivity index (χ2v) is 4.11. The predicted octanol–water partition coefficient (Wildman–Crippen LogP) is 3.91. The van der Waals surface area contributed by atoms with Crippen LogP contribution < -0.4 is 4.74 Å². The molecule has 0 atom stereocenters. The Hall–Kier alpha value is -2.35. The molecule has 1 heterocycles. The number of ether oxygens (including phenoxy) is 1. The summed E-state index contributed by atoms with van der Waals surface area (Å²) < 4.78 is 5.26. The fourth-order valence-electron chi connectivity index (χ4n) is 2.12. The van der Waals surface area contributed by atoms with Gasteiger partial charge in [-0.3, -0.25) is 4.98 Å². The van der Waals surface area contributed by atoms with Crippen LogP contribution in [0.15, 0.2) is 60.8 Å². The van der Waals surface area contributed by atoms with Gasteiger partial charge in [0.1, 0.15) is 5.75 Å². The van der Waals surface area contributed by atoms with Crippen molar-refractivity contribution in [2.75, 3.05) is 7.11 Å². The first kappa shape index (κ1) is 10.8. The average Bonchev–Trinajstić information content (AvgIpc) is 2.47. The SMILES string of the molecule is COc1cccc(-c2nccc3ccccc23)c1. The molecule has 0 saturated carbocycles. The summed E-state index contributed by atoms with van der Waals surface area (Å²) in [5.41, 5.74) is 2.07. The predicted molar refractivity (Wildman–Crippen MR) is 73.7 cm³/mol. The minimum absolute atomic E-state index is 0.849. The van der Waals surface area contributed by atoms with E-state index in [1.807, 2.05) is 42.6 Å². The third-order valence-electron chi connectivity index (χ3n) is 3.02. The molecule has 0 aliphatic rings. The lowest BCUT2D eigenvalue weighted by molar-refractivity contribution is 0.415. The van der Waals surface area contributed by atoms with Gasteiger partial charge in [0.2, 0.25) is 0 Å². The standard InChI is InChI=1S/C16H13NO/c1-18-14-7-4-6-13(11-14)16-15-8-3-2-5-12(15)9-10-17-16/h2-11H,1H3. The van der Waals surface area contributed by atoms with Gasteiger partial charge in [0.25, 0.3) is 0 Å². The highest BCUT2D eigenvalue weighted by molar-refractivity contribution is 5.94. The van der Waals surface area contributed by atoms with Gasteiger partial charge in [-0.15, -0.1) is 0 Å². The third-order valence-corrected chi connectivity index (χ3v) is 3.02. The number of benzene rings is 2. The van der Waals surface area contributed by atoms with E-state index in [4.69, 9.17) is 4.74 Å². The Balaban J connectivity index is 2.24. The van der Waals surface area contributed by atoms with E-state index in [0.717, 1.165) is 22.4 Å². The summed E-state index contributed by atoms with van der Waals surface area (Å²) in [7, 11) is 1.68. The van der Waals surface area contributed by atoms with Gasteiger partial charge in [-0.25, -0.2) is 0 Å². The van der Waals surface area contributed by atoms with Crippen LogP contribution in [0, 0.1) is 0 Å². The molecule has 0 N–H and O–H groups in total. The molecule has 0 fully saturated rings. The quantitative estimate of drug-likeness (QED) is 0.671. The Morgan fingerprint density at radius 2 is 1.83 bits per heavy atom. The van der Waals surface area contributed by atoms with E-state index in [2.05, 4.69) is 23.2 Å². The first-order chi connectivity index (χ1) is 8.88. The Bertz CT molecular complexity index is 686. The molecule has 0 saturated heterocycles. The number of nitrogens with zero attached hydrogens (tertiary/aromatic N) is 1. The molecular weight excluding hydrogens is 222 g/mol. The normalized spacial score (nSPS) is 10.5. The zero-order valence-electron chi connectivity index (χ0n) is 10.1. The van der Waals surface area contributed by atoms with Crippen LogP contribution in [-0.4, -0.2) is 12.1 Å². The second-order valence-electron chi connectivity index (χ2n) is 4.11. The van der Waals surface area contributed by atoms with Gasteiger partial charge < -0.3 is 4.74 Å². The largest absolute Gasteiger partial charge is 0.497 e. The third kappa shape index (κ3) is 1.82. The lowest BCUT2D eigenvalue weighted by atomic mass is 10.0. The summed E-state index contributed by atoms with van der Waals surface area (Å²) >= 11 is 0. The van der Waals surface area contributed by atoms with Gasteiger partial charge in [0, 0.05) is 17.1 Å². The van der Waals surface area contributed by atoms with Crippen molar-refractivity contribution in [2.45, 2.75) is 0 Å². The van der Waals surface area contributed by atoms with E-state index in [1.54, 1.807) is 7.11 Å². The Morgan fingerprint density at radius 1 is 0.944 bits per heavy atom. The van der Waals surface area contributed by atoms with E-state index in [1.165, 1.54) is 5.39 Å². The Kier molecular flexibility index (Phi) is 2.69. The van der Waals surface area contributed by atoms with Crippen molar-refractivity contribution in [3.05, 3.63) is 60.8 Å². The number of rotatable bonds is 2. The van der Waals surface area contributed by atoms with E-state index in [0.29, 0.717) is 0 Å². The summed E-state index contributed by atoms with van der Waals surface area (Å²) in [6.45, 7) is 0. The monoisotopic (exact) mass is 235 g/mol. The van der Waals surface area contributed by atoms with E-state index in [9.17, 15) is 0 Å². The lowest BCUT2D eigenvalue weighted by Crippen LogP contribution is -1.87. The number of pyridine rings is 1. The van der Waals surface area contributed by atoms with Crippen molar-refractivity contribution < 1.29 is 4.74 Å². The van der Waals surface area contributed by atoms with Gasteiger partial charge in [-0.05, 0) is 23.6 Å². The molecule has 1 aromatic heterocycles. The summed E-state index contributed by atoms with van der Waals surface area (Å²) in [4.78, 5) is 4.50. The highest BCUT2D eigenvalue weighted by Crippen LogP contribution is 2.28. The van der Waals surface area contributed by atoms with Crippen LogP contribution in [-0.2, 0) is 0 Å². The van der Waals surface area contributed by atoms with Crippen LogP contribution in [0.5, 0.6) is 5.75 Å². The highest BCUT2D eigenvalue weighted by atomic mass is 16.5. The van der Waals surface area contributed by atoms with Crippen LogP contribution in [0.4, 0.5) is 0 Å². The van der Waals surface area contributed by atoms with E-state index < -0.39 is 0 Å². The number of aromatic nitrogens is 1. The molecule has 3 aromatic rings. The van der Waals surface area contributed by atoms with Crippen LogP contribution in [0.2, 0.25) is 0 Å². The number of methoxy groups -OCH3 is 1. The molecule has 3 rings (SSSR count). The molecule has 0 radical (unpaired) electrons. The van der Waals surface area contributed by atoms with Crippen LogP contribution in [0.1, 0.15) is 0 Å². The van der Waals surface area contributed by atoms with Crippen molar-refractivity contribution >= 4 is 10.8 Å². The van der Waals surface area contributed by atoms with Crippen molar-refractivity contribution in [1.29, 1.82) is 0 Å². The first-order valence-electron chi connectivity index (χ1n) is 5.86. The molecule has 0 aliphatic carbocycles. The summed E-state index contributed by atoms with van der Waals surface area (Å²) in [6.07, 6.45) is 1.84. The molecule has 0 aliphatic heterocycles. The minimum Gasteiger partial charge on any atom is -0.497 e. The first-order valence-corrected chi connectivity index (χ1v) is 5.86. The molecular formula is C16H13NO. The number of hydrogen-bond acceptors (Lipinski definition) is 2. The minimum atomic E-state index is 0.849. The highest BCUT2D eigenvalue weighted by Gasteiger charge is 2.05. The molecule has 0 amide bonds. The molecule has 18 heavy (non-hydrogen) atoms. The number of hydrogen-bond donors (Lipinski definition) is 0. The van der Waals surface area contributed by atoms with E-state index >= 15 is 0 Å². The van der Waals surface area contributed by atoms with E-state index in [-0.39, 0.29) is 0 Å².